The first-order valence-corrected chi connectivity index (χ1v) is 5.85. The normalized spacial score (nSPS) is 19.6. The van der Waals surface area contributed by atoms with Crippen LogP contribution in [-0.4, -0.2) is 39.5 Å². The number of likely N-dealkylation sites (tertiary alicyclic amines) is 1. The summed E-state index contributed by atoms with van der Waals surface area (Å²) in [6, 6.07) is 2.36. The van der Waals surface area contributed by atoms with Gasteiger partial charge in [-0.2, -0.15) is 0 Å². The number of carboxylic acid groups (broad SMARTS) is 1. The van der Waals surface area contributed by atoms with Gasteiger partial charge in [-0.3, -0.25) is 4.79 Å². The lowest BCUT2D eigenvalue weighted by atomic mass is 10.0. The predicted molar refractivity (Wildman–Crippen MR) is 65.0 cm³/mol. The van der Waals surface area contributed by atoms with Gasteiger partial charge in [-0.25, -0.2) is 9.78 Å². The van der Waals surface area contributed by atoms with E-state index in [1.54, 1.807) is 6.07 Å². The Labute approximate surface area is 104 Å². The van der Waals surface area contributed by atoms with E-state index in [0.29, 0.717) is 18.7 Å². The number of carbonyl (C=O) groups is 2. The first-order chi connectivity index (χ1) is 8.59. The highest BCUT2D eigenvalue weighted by Crippen LogP contribution is 2.19. The van der Waals surface area contributed by atoms with E-state index in [9.17, 15) is 9.59 Å². The summed E-state index contributed by atoms with van der Waals surface area (Å²) < 4.78 is 0. The average Bonchev–Trinajstić information content (AvgIpc) is 2.39. The van der Waals surface area contributed by atoms with Crippen molar-refractivity contribution >= 4 is 17.6 Å². The van der Waals surface area contributed by atoms with Crippen molar-refractivity contribution in [3.8, 4) is 0 Å². The first-order valence-electron chi connectivity index (χ1n) is 5.85. The van der Waals surface area contributed by atoms with E-state index in [1.807, 2.05) is 0 Å². The summed E-state index contributed by atoms with van der Waals surface area (Å²) in [6.07, 6.45) is 3.55. The molecule has 18 heavy (non-hydrogen) atoms. The number of anilines is 1. The number of aliphatic carboxylic acids is 1. The number of nitrogens with two attached hydrogens (primary N) is 1. The van der Waals surface area contributed by atoms with Gasteiger partial charge in [0.25, 0.3) is 5.91 Å². The van der Waals surface area contributed by atoms with E-state index in [4.69, 9.17) is 10.8 Å². The zero-order chi connectivity index (χ0) is 13.1. The van der Waals surface area contributed by atoms with Crippen molar-refractivity contribution in [2.45, 2.75) is 25.3 Å². The molecule has 2 rings (SSSR count). The second-order valence-corrected chi connectivity index (χ2v) is 4.33. The summed E-state index contributed by atoms with van der Waals surface area (Å²) >= 11 is 0. The van der Waals surface area contributed by atoms with Gasteiger partial charge in [0.05, 0.1) is 11.9 Å². The van der Waals surface area contributed by atoms with Crippen molar-refractivity contribution in [3.63, 3.8) is 0 Å². The highest BCUT2D eigenvalue weighted by Gasteiger charge is 2.32. The largest absolute Gasteiger partial charge is 0.480 e. The van der Waals surface area contributed by atoms with Crippen LogP contribution >= 0.6 is 0 Å². The molecule has 3 N–H and O–H groups in total. The van der Waals surface area contributed by atoms with Crippen LogP contribution < -0.4 is 5.73 Å². The predicted octanol–water partition coefficient (Wildman–Crippen LogP) is 0.743. The molecule has 96 valence electrons. The number of nitrogens with zero attached hydrogens (tertiary/aromatic N) is 2. The molecule has 0 aliphatic carbocycles. The van der Waals surface area contributed by atoms with Gasteiger partial charge in [-0.05, 0) is 31.4 Å². The van der Waals surface area contributed by atoms with Crippen molar-refractivity contribution in [2.24, 2.45) is 0 Å². The van der Waals surface area contributed by atoms with Crippen molar-refractivity contribution < 1.29 is 14.7 Å². The number of pyridine rings is 1. The Kier molecular flexibility index (Phi) is 3.45. The molecule has 0 bridgehead atoms. The monoisotopic (exact) mass is 249 g/mol. The van der Waals surface area contributed by atoms with Crippen molar-refractivity contribution in [1.29, 1.82) is 0 Å². The minimum atomic E-state index is -0.960. The van der Waals surface area contributed by atoms with Gasteiger partial charge in [0.1, 0.15) is 11.7 Å². The van der Waals surface area contributed by atoms with Crippen LogP contribution in [-0.2, 0) is 4.79 Å². The van der Waals surface area contributed by atoms with Crippen molar-refractivity contribution in [1.82, 2.24) is 9.88 Å². The number of carbonyl (C=O) groups excluding carboxylic acids is 1. The SMILES string of the molecule is Nc1ccc(C(=O)N2CCCC[C@@H]2C(=O)O)nc1. The quantitative estimate of drug-likeness (QED) is 0.805. The van der Waals surface area contributed by atoms with Gasteiger partial charge >= 0.3 is 5.97 Å². The third kappa shape index (κ3) is 2.42. The third-order valence-corrected chi connectivity index (χ3v) is 3.05. The molecule has 1 aliphatic rings. The van der Waals surface area contributed by atoms with E-state index in [-0.39, 0.29) is 11.6 Å². The second-order valence-electron chi connectivity index (χ2n) is 4.33. The number of nitrogen functional groups attached to an aromatic ring is 1. The Hall–Kier alpha value is -2.11. The fourth-order valence-corrected chi connectivity index (χ4v) is 2.11. The van der Waals surface area contributed by atoms with Gasteiger partial charge < -0.3 is 15.7 Å². The van der Waals surface area contributed by atoms with Crippen molar-refractivity contribution in [3.05, 3.63) is 24.0 Å². The summed E-state index contributed by atoms with van der Waals surface area (Å²) in [4.78, 5) is 28.6. The molecule has 0 spiro atoms. The van der Waals surface area contributed by atoms with Crippen LogP contribution in [0.1, 0.15) is 29.8 Å². The summed E-state index contributed by atoms with van der Waals surface area (Å²) in [5.74, 6) is -1.31. The number of piperidine rings is 1. The highest BCUT2D eigenvalue weighted by atomic mass is 16.4. The maximum Gasteiger partial charge on any atom is 0.326 e. The van der Waals surface area contributed by atoms with Gasteiger partial charge in [0.2, 0.25) is 0 Å². The maximum absolute atomic E-state index is 12.2. The van der Waals surface area contributed by atoms with E-state index in [1.165, 1.54) is 17.2 Å². The van der Waals surface area contributed by atoms with Gasteiger partial charge in [0, 0.05) is 6.54 Å². The smallest absolute Gasteiger partial charge is 0.326 e. The number of hydrogen-bond acceptors (Lipinski definition) is 4. The lowest BCUT2D eigenvalue weighted by Gasteiger charge is -2.32. The van der Waals surface area contributed by atoms with Crippen LogP contribution in [0.2, 0.25) is 0 Å². The topological polar surface area (TPSA) is 96.5 Å². The molecule has 6 nitrogen and oxygen atoms in total. The fraction of sp³-hybridized carbons (Fsp3) is 0.417. The zero-order valence-corrected chi connectivity index (χ0v) is 9.87. The summed E-state index contributed by atoms with van der Waals surface area (Å²) in [5, 5.41) is 9.11. The molecule has 2 heterocycles. The molecular formula is C12H15N3O3. The van der Waals surface area contributed by atoms with Gasteiger partial charge in [0.15, 0.2) is 0 Å². The van der Waals surface area contributed by atoms with Crippen LogP contribution in [0.3, 0.4) is 0 Å². The molecule has 1 amide bonds. The zero-order valence-electron chi connectivity index (χ0n) is 9.87. The molecule has 1 aromatic rings. The summed E-state index contributed by atoms with van der Waals surface area (Å²) in [7, 11) is 0. The second kappa shape index (κ2) is 5.03. The van der Waals surface area contributed by atoms with Crippen LogP contribution in [0, 0.1) is 0 Å². The summed E-state index contributed by atoms with van der Waals surface area (Å²) in [6.45, 7) is 0.460. The minimum Gasteiger partial charge on any atom is -0.480 e. The summed E-state index contributed by atoms with van der Waals surface area (Å²) in [5.41, 5.74) is 6.21. The molecule has 0 unspecified atom stereocenters. The molecule has 0 aromatic carbocycles. The molecule has 1 saturated heterocycles. The van der Waals surface area contributed by atoms with Crippen LogP contribution in [0.15, 0.2) is 18.3 Å². The number of hydrogen-bond donors (Lipinski definition) is 2. The Morgan fingerprint density at radius 3 is 2.78 bits per heavy atom. The lowest BCUT2D eigenvalue weighted by Crippen LogP contribution is -2.48. The van der Waals surface area contributed by atoms with E-state index < -0.39 is 12.0 Å². The Balaban J connectivity index is 2.20. The molecule has 0 saturated carbocycles. The maximum atomic E-state index is 12.2. The molecule has 1 aromatic heterocycles. The highest BCUT2D eigenvalue weighted by molar-refractivity contribution is 5.95. The van der Waals surface area contributed by atoms with E-state index in [2.05, 4.69) is 4.98 Å². The van der Waals surface area contributed by atoms with Crippen LogP contribution in [0.4, 0.5) is 5.69 Å². The average molecular weight is 249 g/mol. The minimum absolute atomic E-state index is 0.234. The Morgan fingerprint density at radius 2 is 2.17 bits per heavy atom. The van der Waals surface area contributed by atoms with Crippen molar-refractivity contribution in [2.75, 3.05) is 12.3 Å². The molecule has 0 radical (unpaired) electrons. The van der Waals surface area contributed by atoms with Gasteiger partial charge in [-0.1, -0.05) is 0 Å². The van der Waals surface area contributed by atoms with E-state index in [0.717, 1.165) is 12.8 Å². The molecule has 1 atom stereocenters. The van der Waals surface area contributed by atoms with Crippen LogP contribution in [0.25, 0.3) is 0 Å². The molecular weight excluding hydrogens is 234 g/mol. The Morgan fingerprint density at radius 1 is 1.39 bits per heavy atom. The molecule has 6 heteroatoms. The van der Waals surface area contributed by atoms with Crippen LogP contribution in [0.5, 0.6) is 0 Å². The molecule has 1 fully saturated rings. The number of amides is 1. The number of aromatic nitrogens is 1. The number of carboxylic acids is 1. The third-order valence-electron chi connectivity index (χ3n) is 3.05. The van der Waals surface area contributed by atoms with E-state index >= 15 is 0 Å². The lowest BCUT2D eigenvalue weighted by molar-refractivity contribution is -0.143. The first kappa shape index (κ1) is 12.3. The van der Waals surface area contributed by atoms with Gasteiger partial charge in [-0.15, -0.1) is 0 Å². The number of rotatable bonds is 2. The Bertz CT molecular complexity index is 458. The fourth-order valence-electron chi connectivity index (χ4n) is 2.11. The standard InChI is InChI=1S/C12H15N3O3/c13-8-4-5-9(14-7-8)11(16)15-6-2-1-3-10(15)12(17)18/h4-5,7,10H,1-3,6,13H2,(H,17,18)/t10-/m1/s1. The molecule has 1 aliphatic heterocycles.